The van der Waals surface area contributed by atoms with Gasteiger partial charge in [0.2, 0.25) is 17.4 Å². The van der Waals surface area contributed by atoms with Gasteiger partial charge in [0.25, 0.3) is 5.69 Å². The fourth-order valence-electron chi connectivity index (χ4n) is 2.58. The fraction of sp³-hybridized carbons (Fsp3) is 0.267. The number of rotatable bonds is 1. The molecule has 92 valence electrons. The largest absolute Gasteiger partial charge is 0.371 e. The van der Waals surface area contributed by atoms with Gasteiger partial charge in [0.05, 0.1) is 0 Å². The molecule has 0 fully saturated rings. The third kappa shape index (κ3) is 1.31. The van der Waals surface area contributed by atoms with Crippen molar-refractivity contribution in [2.45, 2.75) is 25.0 Å². The average molecular weight is 242 g/mol. The number of hydrogen-bond donors (Lipinski definition) is 1. The molecule has 0 bridgehead atoms. The van der Waals surface area contributed by atoms with Crippen LogP contribution >= 0.6 is 0 Å². The summed E-state index contributed by atoms with van der Waals surface area (Å²) in [5, 5.41) is 11.2. The van der Waals surface area contributed by atoms with Gasteiger partial charge in [-0.15, -0.1) is 0 Å². The van der Waals surface area contributed by atoms with Gasteiger partial charge in [0.1, 0.15) is 0 Å². The number of aromatic nitrogens is 1. The highest BCUT2D eigenvalue weighted by Gasteiger charge is 2.62. The molecule has 18 heavy (non-hydrogen) atoms. The van der Waals surface area contributed by atoms with Crippen LogP contribution in [0, 0.1) is 0 Å². The predicted molar refractivity (Wildman–Crippen MR) is 66.7 cm³/mol. The van der Waals surface area contributed by atoms with Crippen molar-refractivity contribution < 1.29 is 14.7 Å². The molecule has 1 aromatic carbocycles. The SMILES string of the molecule is CC1(C)O[n+]2ccccc2C1(O)c1ccccc1. The first-order chi connectivity index (χ1) is 8.56. The predicted octanol–water partition coefficient (Wildman–Crippen LogP) is 1.43. The molecule has 0 saturated carbocycles. The Morgan fingerprint density at radius 3 is 2.39 bits per heavy atom. The average Bonchev–Trinajstić information content (AvgIpc) is 2.59. The number of pyridine rings is 1. The van der Waals surface area contributed by atoms with Crippen LogP contribution in [0.2, 0.25) is 0 Å². The Morgan fingerprint density at radius 1 is 1.00 bits per heavy atom. The van der Waals surface area contributed by atoms with Gasteiger partial charge in [0, 0.05) is 16.9 Å². The quantitative estimate of drug-likeness (QED) is 0.767. The standard InChI is InChI=1S/C15H16NO2/c1-14(2)15(17,12-8-4-3-5-9-12)13-10-6-7-11-16(13)18-14/h3-11,17H,1-2H3/q+1. The van der Waals surface area contributed by atoms with Gasteiger partial charge in [-0.2, -0.15) is 0 Å². The third-order valence-corrected chi connectivity index (χ3v) is 3.58. The highest BCUT2D eigenvalue weighted by atomic mass is 16.7. The van der Waals surface area contributed by atoms with Crippen molar-refractivity contribution in [1.82, 2.24) is 0 Å². The van der Waals surface area contributed by atoms with Crippen LogP contribution in [0.1, 0.15) is 25.1 Å². The number of benzene rings is 1. The van der Waals surface area contributed by atoms with E-state index in [4.69, 9.17) is 4.84 Å². The third-order valence-electron chi connectivity index (χ3n) is 3.58. The zero-order valence-electron chi connectivity index (χ0n) is 10.5. The minimum Gasteiger partial charge on any atom is -0.371 e. The van der Waals surface area contributed by atoms with Crippen molar-refractivity contribution in [3.63, 3.8) is 0 Å². The number of aliphatic hydroxyl groups is 1. The number of hydrogen-bond acceptors (Lipinski definition) is 2. The summed E-state index contributed by atoms with van der Waals surface area (Å²) in [4.78, 5) is 5.83. The molecule has 0 radical (unpaired) electrons. The second-order valence-corrected chi connectivity index (χ2v) is 5.09. The highest BCUT2D eigenvalue weighted by molar-refractivity contribution is 5.35. The van der Waals surface area contributed by atoms with Crippen molar-refractivity contribution in [2.24, 2.45) is 0 Å². The molecular weight excluding hydrogens is 226 g/mol. The lowest BCUT2D eigenvalue weighted by Gasteiger charge is -2.28. The van der Waals surface area contributed by atoms with Gasteiger partial charge < -0.3 is 5.11 Å². The Labute approximate surface area is 106 Å². The van der Waals surface area contributed by atoms with Crippen molar-refractivity contribution >= 4 is 0 Å². The highest BCUT2D eigenvalue weighted by Crippen LogP contribution is 2.41. The summed E-state index contributed by atoms with van der Waals surface area (Å²) in [6.45, 7) is 3.79. The van der Waals surface area contributed by atoms with E-state index in [0.717, 1.165) is 11.3 Å². The second-order valence-electron chi connectivity index (χ2n) is 5.09. The molecule has 2 heterocycles. The molecule has 2 aromatic rings. The van der Waals surface area contributed by atoms with E-state index in [1.807, 2.05) is 68.6 Å². The molecule has 3 nitrogen and oxygen atoms in total. The summed E-state index contributed by atoms with van der Waals surface area (Å²) in [6.07, 6.45) is 1.82. The molecule has 0 amide bonds. The maximum absolute atomic E-state index is 11.2. The van der Waals surface area contributed by atoms with E-state index >= 15 is 0 Å². The van der Waals surface area contributed by atoms with Crippen LogP contribution in [0.5, 0.6) is 0 Å². The molecule has 1 unspecified atom stereocenters. The Bertz CT molecular complexity index is 580. The molecule has 0 aliphatic carbocycles. The summed E-state index contributed by atoms with van der Waals surface area (Å²) in [5.41, 5.74) is -0.272. The minimum absolute atomic E-state index is 0.720. The molecule has 1 N–H and O–H groups in total. The molecule has 0 saturated heterocycles. The smallest absolute Gasteiger partial charge is 0.274 e. The summed E-state index contributed by atoms with van der Waals surface area (Å²) in [5.74, 6) is 0. The van der Waals surface area contributed by atoms with Gasteiger partial charge in [-0.1, -0.05) is 30.3 Å². The van der Waals surface area contributed by atoms with E-state index in [1.54, 1.807) is 4.73 Å². The van der Waals surface area contributed by atoms with E-state index in [-0.39, 0.29) is 0 Å². The van der Waals surface area contributed by atoms with Gasteiger partial charge in [-0.25, -0.2) is 0 Å². The topological polar surface area (TPSA) is 33.3 Å². The van der Waals surface area contributed by atoms with Crippen LogP contribution in [0.25, 0.3) is 0 Å². The van der Waals surface area contributed by atoms with Gasteiger partial charge in [-0.3, -0.25) is 4.84 Å². The Hall–Kier alpha value is -1.87. The first-order valence-corrected chi connectivity index (χ1v) is 6.04. The van der Waals surface area contributed by atoms with Crippen LogP contribution in [-0.2, 0) is 5.60 Å². The zero-order chi connectivity index (χ0) is 12.8. The fourth-order valence-corrected chi connectivity index (χ4v) is 2.58. The van der Waals surface area contributed by atoms with E-state index < -0.39 is 11.2 Å². The van der Waals surface area contributed by atoms with E-state index in [2.05, 4.69) is 0 Å². The van der Waals surface area contributed by atoms with E-state index in [9.17, 15) is 5.11 Å². The van der Waals surface area contributed by atoms with Crippen molar-refractivity contribution in [2.75, 3.05) is 0 Å². The first kappa shape index (κ1) is 11.2. The van der Waals surface area contributed by atoms with Crippen LogP contribution in [-0.4, -0.2) is 10.7 Å². The minimum atomic E-state index is -1.14. The molecule has 0 spiro atoms. The molecular formula is C15H16NO2+. The Balaban J connectivity index is 2.26. The number of nitrogens with zero attached hydrogens (tertiary/aromatic N) is 1. The molecule has 3 rings (SSSR count). The summed E-state index contributed by atoms with van der Waals surface area (Å²) >= 11 is 0. The summed E-state index contributed by atoms with van der Waals surface area (Å²) in [7, 11) is 0. The van der Waals surface area contributed by atoms with E-state index in [1.165, 1.54) is 0 Å². The lowest BCUT2D eigenvalue weighted by atomic mass is 9.78. The zero-order valence-corrected chi connectivity index (χ0v) is 10.5. The molecule has 1 atom stereocenters. The van der Waals surface area contributed by atoms with Gasteiger partial charge >= 0.3 is 0 Å². The maximum Gasteiger partial charge on any atom is 0.274 e. The van der Waals surface area contributed by atoms with Crippen LogP contribution in [0.3, 0.4) is 0 Å². The molecule has 3 heteroatoms. The van der Waals surface area contributed by atoms with Crippen molar-refractivity contribution in [3.05, 3.63) is 66.0 Å². The Morgan fingerprint density at radius 2 is 1.67 bits per heavy atom. The molecule has 1 aliphatic rings. The van der Waals surface area contributed by atoms with Gasteiger partial charge in [0.15, 0.2) is 0 Å². The summed E-state index contributed by atoms with van der Waals surface area (Å²) in [6, 6.07) is 15.3. The lowest BCUT2D eigenvalue weighted by Crippen LogP contribution is -2.50. The number of fused-ring (bicyclic) bond motifs is 1. The second kappa shape index (κ2) is 3.56. The maximum atomic E-state index is 11.2. The van der Waals surface area contributed by atoms with Gasteiger partial charge in [-0.05, 0) is 25.5 Å². The summed E-state index contributed by atoms with van der Waals surface area (Å²) < 4.78 is 1.65. The normalized spacial score (nSPS) is 24.4. The van der Waals surface area contributed by atoms with Crippen molar-refractivity contribution in [1.29, 1.82) is 0 Å². The molecule has 1 aliphatic heterocycles. The van der Waals surface area contributed by atoms with Crippen LogP contribution in [0.4, 0.5) is 0 Å². The Kier molecular flexibility index (Phi) is 2.22. The lowest BCUT2D eigenvalue weighted by molar-refractivity contribution is -0.893. The first-order valence-electron chi connectivity index (χ1n) is 6.04. The van der Waals surface area contributed by atoms with E-state index in [0.29, 0.717) is 0 Å². The monoisotopic (exact) mass is 242 g/mol. The molecule has 1 aromatic heterocycles. The van der Waals surface area contributed by atoms with Crippen molar-refractivity contribution in [3.8, 4) is 0 Å². The van der Waals surface area contributed by atoms with Crippen LogP contribution < -0.4 is 9.57 Å². The van der Waals surface area contributed by atoms with Crippen LogP contribution in [0.15, 0.2) is 54.7 Å².